The molecule has 0 unspecified atom stereocenters. The first-order chi connectivity index (χ1) is 16.8. The standard InChI is InChI=1S/C29H32O6/c1-15(2)9-18-10-20-16(11-23(18)31)5-7-19-21-13-24(32)29(17-6-8-22(30)26(12-17)33-3)35-25(21)14-27(34-4)28(19)20/h6,8,10-12,14-15,24,29-32H,5,7,9,13H2,1-4H3/t24-,29+/m1/s1. The molecule has 5 rings (SSSR count). The molecule has 6 nitrogen and oxygen atoms in total. The zero-order valence-corrected chi connectivity index (χ0v) is 20.6. The van der Waals surface area contributed by atoms with Gasteiger partial charge in [-0.3, -0.25) is 0 Å². The third kappa shape index (κ3) is 4.06. The van der Waals surface area contributed by atoms with Crippen molar-refractivity contribution in [1.82, 2.24) is 0 Å². The fourth-order valence-electron chi connectivity index (χ4n) is 5.46. The number of benzene rings is 3. The predicted octanol–water partition coefficient (Wildman–Crippen LogP) is 5.12. The molecule has 0 amide bonds. The summed E-state index contributed by atoms with van der Waals surface area (Å²) in [7, 11) is 3.15. The SMILES string of the molecule is COc1cc([C@@H]2Oc3cc(OC)c4c(c3C[C@H]2O)CCc2cc(O)c(CC(C)C)cc2-4)ccc1O. The lowest BCUT2D eigenvalue weighted by molar-refractivity contribution is 0.0202. The van der Waals surface area contributed by atoms with Gasteiger partial charge in [0.1, 0.15) is 23.4 Å². The second kappa shape index (κ2) is 9.00. The number of phenolic OH excluding ortho intramolecular Hbond substituents is 2. The van der Waals surface area contributed by atoms with Gasteiger partial charge in [0.05, 0.1) is 20.3 Å². The molecule has 35 heavy (non-hydrogen) atoms. The van der Waals surface area contributed by atoms with Crippen LogP contribution in [0.4, 0.5) is 0 Å². The van der Waals surface area contributed by atoms with E-state index in [1.54, 1.807) is 25.3 Å². The first kappa shape index (κ1) is 23.4. The summed E-state index contributed by atoms with van der Waals surface area (Å²) >= 11 is 0. The fraction of sp³-hybridized carbons (Fsp3) is 0.379. The highest BCUT2D eigenvalue weighted by Crippen LogP contribution is 2.49. The number of ether oxygens (including phenoxy) is 3. The van der Waals surface area contributed by atoms with Gasteiger partial charge in [0.2, 0.25) is 0 Å². The van der Waals surface area contributed by atoms with Crippen molar-refractivity contribution in [2.24, 2.45) is 5.92 Å². The average molecular weight is 477 g/mol. The molecule has 0 saturated heterocycles. The van der Waals surface area contributed by atoms with E-state index in [1.165, 1.54) is 7.11 Å². The molecule has 1 aliphatic heterocycles. The maximum atomic E-state index is 11.1. The van der Waals surface area contributed by atoms with Gasteiger partial charge in [-0.1, -0.05) is 19.9 Å². The van der Waals surface area contributed by atoms with Crippen molar-refractivity contribution in [1.29, 1.82) is 0 Å². The van der Waals surface area contributed by atoms with Gasteiger partial charge in [-0.2, -0.15) is 0 Å². The van der Waals surface area contributed by atoms with Crippen LogP contribution in [0, 0.1) is 5.92 Å². The molecule has 0 radical (unpaired) electrons. The molecule has 1 aliphatic carbocycles. The Labute approximate surface area is 205 Å². The van der Waals surface area contributed by atoms with Crippen LogP contribution in [-0.2, 0) is 25.7 Å². The molecule has 1 heterocycles. The summed E-state index contributed by atoms with van der Waals surface area (Å²) in [5, 5.41) is 31.7. The summed E-state index contributed by atoms with van der Waals surface area (Å²) in [6.07, 6.45) is 1.46. The van der Waals surface area contributed by atoms with Crippen molar-refractivity contribution in [3.8, 4) is 39.9 Å². The van der Waals surface area contributed by atoms with Crippen LogP contribution in [0.5, 0.6) is 28.7 Å². The third-order valence-electron chi connectivity index (χ3n) is 7.09. The molecule has 0 aromatic heterocycles. The summed E-state index contributed by atoms with van der Waals surface area (Å²) in [5.74, 6) is 2.57. The molecule has 2 atom stereocenters. The normalized spacial score (nSPS) is 18.3. The van der Waals surface area contributed by atoms with E-state index in [9.17, 15) is 15.3 Å². The van der Waals surface area contributed by atoms with E-state index in [2.05, 4.69) is 19.9 Å². The highest BCUT2D eigenvalue weighted by molar-refractivity contribution is 5.82. The number of aromatic hydroxyl groups is 2. The number of methoxy groups -OCH3 is 2. The first-order valence-electron chi connectivity index (χ1n) is 12.1. The molecule has 3 N–H and O–H groups in total. The first-order valence-corrected chi connectivity index (χ1v) is 12.1. The smallest absolute Gasteiger partial charge is 0.160 e. The minimum absolute atomic E-state index is 0.0410. The highest BCUT2D eigenvalue weighted by atomic mass is 16.5. The Morgan fingerprint density at radius 1 is 0.943 bits per heavy atom. The molecule has 2 aliphatic rings. The van der Waals surface area contributed by atoms with Crippen LogP contribution in [0.2, 0.25) is 0 Å². The third-order valence-corrected chi connectivity index (χ3v) is 7.09. The number of phenols is 2. The van der Waals surface area contributed by atoms with Gasteiger partial charge < -0.3 is 29.5 Å². The summed E-state index contributed by atoms with van der Waals surface area (Å²) < 4.78 is 17.4. The van der Waals surface area contributed by atoms with Crippen molar-refractivity contribution < 1.29 is 29.5 Å². The van der Waals surface area contributed by atoms with Crippen molar-refractivity contribution in [2.45, 2.75) is 51.7 Å². The Kier molecular flexibility index (Phi) is 6.01. The number of hydrogen-bond donors (Lipinski definition) is 3. The van der Waals surface area contributed by atoms with Gasteiger partial charge in [-0.25, -0.2) is 0 Å². The van der Waals surface area contributed by atoms with Crippen molar-refractivity contribution in [3.05, 3.63) is 64.2 Å². The number of fused-ring (bicyclic) bond motifs is 5. The van der Waals surface area contributed by atoms with Crippen LogP contribution < -0.4 is 14.2 Å². The second-order valence-electron chi connectivity index (χ2n) is 9.89. The summed E-state index contributed by atoms with van der Waals surface area (Å²) in [6, 6.07) is 10.9. The van der Waals surface area contributed by atoms with Crippen LogP contribution >= 0.6 is 0 Å². The minimum atomic E-state index is -0.757. The van der Waals surface area contributed by atoms with E-state index in [0.717, 1.165) is 64.0 Å². The van der Waals surface area contributed by atoms with Gasteiger partial charge in [0.25, 0.3) is 0 Å². The number of aliphatic hydroxyl groups excluding tert-OH is 1. The quantitative estimate of drug-likeness (QED) is 0.474. The largest absolute Gasteiger partial charge is 0.508 e. The van der Waals surface area contributed by atoms with Crippen LogP contribution in [0.3, 0.4) is 0 Å². The fourth-order valence-corrected chi connectivity index (χ4v) is 5.46. The molecule has 3 aromatic rings. The molecule has 0 saturated carbocycles. The molecular formula is C29H32O6. The lowest BCUT2D eigenvalue weighted by atomic mass is 9.79. The zero-order valence-electron chi connectivity index (χ0n) is 20.6. The minimum Gasteiger partial charge on any atom is -0.508 e. The number of aryl methyl sites for hydroxylation is 1. The van der Waals surface area contributed by atoms with E-state index in [-0.39, 0.29) is 5.75 Å². The van der Waals surface area contributed by atoms with E-state index < -0.39 is 12.2 Å². The van der Waals surface area contributed by atoms with Crippen molar-refractivity contribution in [2.75, 3.05) is 14.2 Å². The molecule has 6 heteroatoms. The molecule has 0 fully saturated rings. The Hall–Kier alpha value is -3.38. The predicted molar refractivity (Wildman–Crippen MR) is 134 cm³/mol. The van der Waals surface area contributed by atoms with E-state index in [0.29, 0.717) is 29.6 Å². The number of aliphatic hydroxyl groups is 1. The van der Waals surface area contributed by atoms with E-state index >= 15 is 0 Å². The van der Waals surface area contributed by atoms with Crippen LogP contribution in [0.1, 0.15) is 47.8 Å². The summed E-state index contributed by atoms with van der Waals surface area (Å²) in [4.78, 5) is 0. The van der Waals surface area contributed by atoms with Crippen molar-refractivity contribution >= 4 is 0 Å². The van der Waals surface area contributed by atoms with Crippen LogP contribution in [0.15, 0.2) is 36.4 Å². The van der Waals surface area contributed by atoms with Crippen LogP contribution in [-0.4, -0.2) is 35.6 Å². The molecule has 0 bridgehead atoms. The van der Waals surface area contributed by atoms with Gasteiger partial charge in [0, 0.05) is 23.6 Å². The maximum absolute atomic E-state index is 11.1. The molecule has 0 spiro atoms. The van der Waals surface area contributed by atoms with Gasteiger partial charge in [-0.05, 0) is 77.3 Å². The summed E-state index contributed by atoms with van der Waals surface area (Å²) in [5.41, 5.74) is 7.01. The molecule has 184 valence electrons. The maximum Gasteiger partial charge on any atom is 0.160 e. The van der Waals surface area contributed by atoms with Gasteiger partial charge in [-0.15, -0.1) is 0 Å². The molecule has 3 aromatic carbocycles. The second-order valence-corrected chi connectivity index (χ2v) is 9.89. The summed E-state index contributed by atoms with van der Waals surface area (Å²) in [6.45, 7) is 4.28. The number of hydrogen-bond acceptors (Lipinski definition) is 6. The molecular weight excluding hydrogens is 444 g/mol. The lowest BCUT2D eigenvalue weighted by Gasteiger charge is -2.35. The Balaban J connectivity index is 1.60. The van der Waals surface area contributed by atoms with E-state index in [4.69, 9.17) is 14.2 Å². The van der Waals surface area contributed by atoms with Gasteiger partial charge in [0.15, 0.2) is 11.5 Å². The van der Waals surface area contributed by atoms with Gasteiger partial charge >= 0.3 is 0 Å². The number of rotatable bonds is 5. The Bertz CT molecular complexity index is 1280. The Morgan fingerprint density at radius 3 is 2.43 bits per heavy atom. The van der Waals surface area contributed by atoms with Crippen molar-refractivity contribution in [3.63, 3.8) is 0 Å². The van der Waals surface area contributed by atoms with Crippen LogP contribution in [0.25, 0.3) is 11.1 Å². The highest BCUT2D eigenvalue weighted by Gasteiger charge is 2.35. The zero-order chi connectivity index (χ0) is 24.9. The topological polar surface area (TPSA) is 88.4 Å². The average Bonchev–Trinajstić information content (AvgIpc) is 2.83. The monoisotopic (exact) mass is 476 g/mol. The van der Waals surface area contributed by atoms with E-state index in [1.807, 2.05) is 12.1 Å². The lowest BCUT2D eigenvalue weighted by Crippen LogP contribution is -2.31. The Morgan fingerprint density at radius 2 is 1.71 bits per heavy atom.